The van der Waals surface area contributed by atoms with E-state index in [1.165, 1.54) is 0 Å². The van der Waals surface area contributed by atoms with Gasteiger partial charge in [-0.1, -0.05) is 25.1 Å². The number of aromatic nitrogens is 1. The van der Waals surface area contributed by atoms with Gasteiger partial charge < -0.3 is 10.2 Å². The molecule has 1 saturated carbocycles. The van der Waals surface area contributed by atoms with Crippen molar-refractivity contribution in [2.45, 2.75) is 70.8 Å². The summed E-state index contributed by atoms with van der Waals surface area (Å²) in [5, 5.41) is 2.99. The van der Waals surface area contributed by atoms with E-state index in [4.69, 9.17) is 0 Å². The highest BCUT2D eigenvalue weighted by atomic mass is 19.3. The van der Waals surface area contributed by atoms with Gasteiger partial charge >= 0.3 is 0 Å². The maximum Gasteiger partial charge on any atom is 0.251 e. The van der Waals surface area contributed by atoms with Crippen LogP contribution < -0.4 is 5.32 Å². The molecule has 1 heterocycles. The number of likely N-dealkylation sites (N-methyl/N-ethyl adjacent to an activating group) is 1. The Hall–Kier alpha value is -2.67. The second kappa shape index (κ2) is 10.9. The van der Waals surface area contributed by atoms with Gasteiger partial charge in [0.1, 0.15) is 0 Å². The van der Waals surface area contributed by atoms with Crippen LogP contribution in [0.2, 0.25) is 0 Å². The molecule has 190 valence electrons. The van der Waals surface area contributed by atoms with Crippen LogP contribution in [-0.4, -0.2) is 54.2 Å². The molecule has 0 saturated heterocycles. The quantitative estimate of drug-likeness (QED) is 0.421. The van der Waals surface area contributed by atoms with Crippen LogP contribution in [0, 0.1) is 12.3 Å². The number of carbonyl (C=O) groups excluding carboxylic acids is 2. The molecule has 3 rings (SSSR count). The van der Waals surface area contributed by atoms with Crippen LogP contribution >= 0.6 is 0 Å². The number of nitrogens with zero attached hydrogens (tertiary/aromatic N) is 2. The number of hydrogen-bond donors (Lipinski definition) is 1. The second-order valence-electron chi connectivity index (χ2n) is 10.1. The molecule has 35 heavy (non-hydrogen) atoms. The molecule has 0 aliphatic heterocycles. The third-order valence-electron chi connectivity index (χ3n) is 7.51. The number of rotatable bonds is 12. The van der Waals surface area contributed by atoms with Crippen LogP contribution in [-0.2, 0) is 11.2 Å². The lowest BCUT2D eigenvalue weighted by molar-refractivity contribution is -0.123. The molecular weight excluding hydrogens is 448 g/mol. The average Bonchev–Trinajstić information content (AvgIpc) is 3.63. The Kier molecular flexibility index (Phi) is 8.42. The van der Waals surface area contributed by atoms with Crippen LogP contribution in [0.15, 0.2) is 42.7 Å². The van der Waals surface area contributed by atoms with Gasteiger partial charge in [0.15, 0.2) is 5.78 Å². The van der Waals surface area contributed by atoms with Gasteiger partial charge in [0.25, 0.3) is 5.92 Å². The third-order valence-corrected chi connectivity index (χ3v) is 7.51. The molecule has 1 aromatic carbocycles. The molecule has 1 aliphatic carbocycles. The minimum Gasteiger partial charge on any atom is -0.355 e. The van der Waals surface area contributed by atoms with E-state index in [0.29, 0.717) is 43.4 Å². The molecule has 0 unspecified atom stereocenters. The SMILES string of the molecule is CCC(=O)c1ccc(C[C@@H](CNC(=O)C[C@@H](c2cccnc2)C2(C(C)(F)F)CC2)N(C)C)c(C)c1. The summed E-state index contributed by atoms with van der Waals surface area (Å²) in [6.07, 6.45) is 5.18. The fraction of sp³-hybridized carbons (Fsp3) is 0.536. The van der Waals surface area contributed by atoms with Crippen molar-refractivity contribution in [2.75, 3.05) is 20.6 Å². The Labute approximate surface area is 207 Å². The Morgan fingerprint density at radius 1 is 1.23 bits per heavy atom. The van der Waals surface area contributed by atoms with Crippen molar-refractivity contribution in [3.05, 3.63) is 65.0 Å². The van der Waals surface area contributed by atoms with E-state index in [0.717, 1.165) is 18.1 Å². The zero-order chi connectivity index (χ0) is 25.8. The maximum atomic E-state index is 14.6. The van der Waals surface area contributed by atoms with E-state index < -0.39 is 17.3 Å². The summed E-state index contributed by atoms with van der Waals surface area (Å²) in [5.74, 6) is -3.57. The minimum absolute atomic E-state index is 0.00211. The molecule has 0 bridgehead atoms. The van der Waals surface area contributed by atoms with Gasteiger partial charge in [-0.3, -0.25) is 14.6 Å². The second-order valence-corrected chi connectivity index (χ2v) is 10.1. The van der Waals surface area contributed by atoms with Gasteiger partial charge in [-0.15, -0.1) is 0 Å². The Morgan fingerprint density at radius 2 is 1.94 bits per heavy atom. The first-order valence-corrected chi connectivity index (χ1v) is 12.3. The van der Waals surface area contributed by atoms with Crippen molar-refractivity contribution in [3.8, 4) is 0 Å². The molecule has 0 spiro atoms. The van der Waals surface area contributed by atoms with Gasteiger partial charge in [0, 0.05) is 54.7 Å². The fourth-order valence-electron chi connectivity index (χ4n) is 4.93. The first-order valence-electron chi connectivity index (χ1n) is 12.3. The van der Waals surface area contributed by atoms with Crippen molar-refractivity contribution in [1.29, 1.82) is 0 Å². The summed E-state index contributed by atoms with van der Waals surface area (Å²) in [7, 11) is 3.91. The van der Waals surface area contributed by atoms with Gasteiger partial charge in [-0.25, -0.2) is 8.78 Å². The van der Waals surface area contributed by atoms with Crippen molar-refractivity contribution >= 4 is 11.7 Å². The molecule has 5 nitrogen and oxygen atoms in total. The zero-order valence-corrected chi connectivity index (χ0v) is 21.4. The van der Waals surface area contributed by atoms with Crippen molar-refractivity contribution < 1.29 is 18.4 Å². The maximum absolute atomic E-state index is 14.6. The Morgan fingerprint density at radius 3 is 2.46 bits per heavy atom. The van der Waals surface area contributed by atoms with E-state index in [2.05, 4.69) is 10.3 Å². The van der Waals surface area contributed by atoms with E-state index in [-0.39, 0.29) is 24.2 Å². The minimum atomic E-state index is -2.87. The number of aryl methyl sites for hydroxylation is 1. The number of nitrogens with one attached hydrogen (secondary N) is 1. The van der Waals surface area contributed by atoms with E-state index in [1.54, 1.807) is 24.5 Å². The lowest BCUT2D eigenvalue weighted by Crippen LogP contribution is -2.43. The lowest BCUT2D eigenvalue weighted by Gasteiger charge is -2.32. The molecule has 2 aromatic rings. The predicted octanol–water partition coefficient (Wildman–Crippen LogP) is 5.18. The number of amides is 1. The number of pyridine rings is 1. The van der Waals surface area contributed by atoms with Gasteiger partial charge in [0.05, 0.1) is 0 Å². The highest BCUT2D eigenvalue weighted by molar-refractivity contribution is 5.96. The third kappa shape index (κ3) is 6.31. The van der Waals surface area contributed by atoms with E-state index >= 15 is 0 Å². The lowest BCUT2D eigenvalue weighted by atomic mass is 9.77. The smallest absolute Gasteiger partial charge is 0.251 e. The van der Waals surface area contributed by atoms with Gasteiger partial charge in [0.2, 0.25) is 5.91 Å². The average molecular weight is 486 g/mol. The highest BCUT2D eigenvalue weighted by Crippen LogP contribution is 2.65. The first kappa shape index (κ1) is 26.9. The molecule has 7 heteroatoms. The summed E-state index contributed by atoms with van der Waals surface area (Å²) in [6, 6.07) is 9.30. The molecule has 1 fully saturated rings. The highest BCUT2D eigenvalue weighted by Gasteiger charge is 2.63. The fourth-order valence-corrected chi connectivity index (χ4v) is 4.93. The summed E-state index contributed by atoms with van der Waals surface area (Å²) < 4.78 is 29.1. The van der Waals surface area contributed by atoms with Crippen molar-refractivity contribution in [1.82, 2.24) is 15.2 Å². The van der Waals surface area contributed by atoms with Gasteiger partial charge in [-0.05, 0) is 76.0 Å². The molecule has 1 aromatic heterocycles. The van der Waals surface area contributed by atoms with Crippen LogP contribution in [0.1, 0.15) is 72.5 Å². The van der Waals surface area contributed by atoms with E-state index in [1.807, 2.05) is 51.0 Å². The summed E-state index contributed by atoms with van der Waals surface area (Å²) in [6.45, 7) is 5.20. The monoisotopic (exact) mass is 485 g/mol. The summed E-state index contributed by atoms with van der Waals surface area (Å²) >= 11 is 0. The number of alkyl halides is 2. The number of ketones is 1. The number of halogens is 2. The molecule has 1 amide bonds. The molecular formula is C28H37F2N3O2. The molecule has 2 atom stereocenters. The van der Waals surface area contributed by atoms with Gasteiger partial charge in [-0.2, -0.15) is 0 Å². The Balaban J connectivity index is 1.68. The number of carbonyl (C=O) groups is 2. The van der Waals surface area contributed by atoms with Crippen LogP contribution in [0.4, 0.5) is 8.78 Å². The summed E-state index contributed by atoms with van der Waals surface area (Å²) in [4.78, 5) is 31.2. The van der Waals surface area contributed by atoms with Crippen LogP contribution in [0.5, 0.6) is 0 Å². The number of hydrogen-bond acceptors (Lipinski definition) is 4. The first-order chi connectivity index (χ1) is 16.5. The molecule has 1 aliphatic rings. The van der Waals surface area contributed by atoms with Crippen LogP contribution in [0.25, 0.3) is 0 Å². The van der Waals surface area contributed by atoms with E-state index in [9.17, 15) is 18.4 Å². The Bertz CT molecular complexity index is 1030. The predicted molar refractivity (Wildman–Crippen MR) is 134 cm³/mol. The summed E-state index contributed by atoms with van der Waals surface area (Å²) in [5.41, 5.74) is 2.36. The number of Topliss-reactive ketones (excluding diaryl/α,β-unsaturated/α-hetero) is 1. The van der Waals surface area contributed by atoms with Crippen LogP contribution in [0.3, 0.4) is 0 Å². The standard InChI is InChI=1S/C28H37F2N3O2/c1-6-25(34)21-10-9-20(19(2)14-21)15-23(33(4)5)18-32-26(35)16-24(22-8-7-13-31-17-22)28(11-12-28)27(3,29)30/h7-10,13-14,17,23-24H,6,11-12,15-16,18H2,1-5H3,(H,32,35)/t23-,24-/m0/s1. The zero-order valence-electron chi connectivity index (χ0n) is 21.4. The normalized spacial score (nSPS) is 16.6. The largest absolute Gasteiger partial charge is 0.355 e. The van der Waals surface area contributed by atoms with Crippen molar-refractivity contribution in [2.24, 2.45) is 5.41 Å². The number of benzene rings is 1. The molecule has 0 radical (unpaired) electrons. The topological polar surface area (TPSA) is 62.3 Å². The van der Waals surface area contributed by atoms with Crippen molar-refractivity contribution in [3.63, 3.8) is 0 Å². The molecule has 1 N–H and O–H groups in total.